The highest BCUT2D eigenvalue weighted by molar-refractivity contribution is 7.90. The van der Waals surface area contributed by atoms with E-state index in [1.807, 2.05) is 35.8 Å². The second-order valence-electron chi connectivity index (χ2n) is 10.7. The van der Waals surface area contributed by atoms with Crippen molar-refractivity contribution in [2.75, 3.05) is 0 Å². The van der Waals surface area contributed by atoms with E-state index in [0.29, 0.717) is 23.0 Å². The molecule has 3 nitrogen and oxygen atoms in total. The first kappa shape index (κ1) is 25.7. The summed E-state index contributed by atoms with van der Waals surface area (Å²) in [6, 6.07) is 9.10. The van der Waals surface area contributed by atoms with Crippen LogP contribution in [0.1, 0.15) is 58.7 Å². The van der Waals surface area contributed by atoms with Crippen LogP contribution >= 0.6 is 0 Å². The molecule has 3 aromatic rings. The lowest BCUT2D eigenvalue weighted by Crippen LogP contribution is -2.43. The summed E-state index contributed by atoms with van der Waals surface area (Å²) in [5, 5.41) is 0.401. The molecule has 7 heteroatoms. The lowest BCUT2D eigenvalue weighted by atomic mass is 9.96. The molecule has 0 spiro atoms. The SMILES string of the molecule is Cc1ccccc1-c1cc2c(cc1F)c(C(N[S@@+]([O-])C(C)(C)C)C(F)F)cn2CC(C)(C)C. The maximum atomic E-state index is 15.4. The van der Waals surface area contributed by atoms with Gasteiger partial charge in [-0.1, -0.05) is 45.0 Å². The number of nitrogens with one attached hydrogen (secondary N) is 1. The molecule has 3 rings (SSSR count). The zero-order valence-electron chi connectivity index (χ0n) is 20.3. The number of fused-ring (bicyclic) bond motifs is 1. The molecule has 0 bridgehead atoms. The van der Waals surface area contributed by atoms with E-state index < -0.39 is 34.4 Å². The van der Waals surface area contributed by atoms with Crippen LogP contribution in [0, 0.1) is 18.2 Å². The molecule has 1 aromatic heterocycles. The Morgan fingerprint density at radius 1 is 1.03 bits per heavy atom. The van der Waals surface area contributed by atoms with Crippen LogP contribution in [0.15, 0.2) is 42.6 Å². The normalized spacial score (nSPS) is 14.8. The molecular weight excluding hydrogens is 445 g/mol. The highest BCUT2D eigenvalue weighted by atomic mass is 32.2. The summed E-state index contributed by atoms with van der Waals surface area (Å²) in [7, 11) is 0. The summed E-state index contributed by atoms with van der Waals surface area (Å²) in [5.74, 6) is -0.475. The number of aromatic nitrogens is 1. The standard InChI is InChI=1S/C26H33F3N2OS/c1-16-10-8-9-11-17(16)18-13-22-19(12-21(18)27)20(14-31(22)15-25(2,3)4)23(24(28)29)30-33(32)26(5,6)7/h8-14,23-24,30H,15H2,1-7H3/t23?,33-/m0/s1. The van der Waals surface area contributed by atoms with E-state index >= 15 is 4.39 Å². The quantitative estimate of drug-likeness (QED) is 0.382. The lowest BCUT2D eigenvalue weighted by molar-refractivity contribution is 0.109. The Morgan fingerprint density at radius 3 is 2.21 bits per heavy atom. The van der Waals surface area contributed by atoms with Crippen molar-refractivity contribution in [3.05, 3.63) is 59.5 Å². The van der Waals surface area contributed by atoms with Gasteiger partial charge in [-0.15, -0.1) is 4.72 Å². The monoisotopic (exact) mass is 478 g/mol. The average Bonchev–Trinajstić information content (AvgIpc) is 3.00. The fourth-order valence-corrected chi connectivity index (χ4v) is 4.67. The Kier molecular flexibility index (Phi) is 7.27. The van der Waals surface area contributed by atoms with Gasteiger partial charge in [-0.05, 0) is 56.4 Å². The first-order valence-corrected chi connectivity index (χ1v) is 12.2. The van der Waals surface area contributed by atoms with Crippen molar-refractivity contribution in [3.63, 3.8) is 0 Å². The second-order valence-corrected chi connectivity index (χ2v) is 12.7. The molecule has 1 unspecified atom stereocenters. The highest BCUT2D eigenvalue weighted by Gasteiger charge is 2.36. The lowest BCUT2D eigenvalue weighted by Gasteiger charge is -2.27. The van der Waals surface area contributed by atoms with Crippen LogP contribution in [0.3, 0.4) is 0 Å². The van der Waals surface area contributed by atoms with Gasteiger partial charge in [0.05, 0.1) is 0 Å². The third-order valence-corrected chi connectivity index (χ3v) is 7.04. The molecule has 0 aliphatic carbocycles. The van der Waals surface area contributed by atoms with E-state index in [2.05, 4.69) is 25.5 Å². The zero-order chi connectivity index (χ0) is 24.7. The van der Waals surface area contributed by atoms with Gasteiger partial charge in [0.1, 0.15) is 16.6 Å². The van der Waals surface area contributed by atoms with Gasteiger partial charge in [0.15, 0.2) is 0 Å². The largest absolute Gasteiger partial charge is 0.598 e. The van der Waals surface area contributed by atoms with E-state index in [1.54, 1.807) is 33.0 Å². The van der Waals surface area contributed by atoms with Gasteiger partial charge in [0.2, 0.25) is 0 Å². The minimum atomic E-state index is -2.82. The molecular formula is C26H33F3N2OS. The number of benzene rings is 2. The molecule has 0 aliphatic rings. The van der Waals surface area contributed by atoms with E-state index in [1.165, 1.54) is 6.07 Å². The summed E-state index contributed by atoms with van der Waals surface area (Å²) in [4.78, 5) is 0. The van der Waals surface area contributed by atoms with Crippen molar-refractivity contribution in [1.29, 1.82) is 0 Å². The highest BCUT2D eigenvalue weighted by Crippen LogP contribution is 2.37. The molecule has 180 valence electrons. The van der Waals surface area contributed by atoms with Gasteiger partial charge in [-0.2, -0.15) is 0 Å². The maximum Gasteiger partial charge on any atom is 0.262 e. The minimum Gasteiger partial charge on any atom is -0.598 e. The zero-order valence-corrected chi connectivity index (χ0v) is 21.1. The average molecular weight is 479 g/mol. The molecule has 0 amide bonds. The van der Waals surface area contributed by atoms with Crippen LogP contribution < -0.4 is 4.72 Å². The fourth-order valence-electron chi connectivity index (χ4n) is 3.85. The van der Waals surface area contributed by atoms with E-state index in [-0.39, 0.29) is 11.0 Å². The van der Waals surface area contributed by atoms with E-state index in [9.17, 15) is 13.3 Å². The van der Waals surface area contributed by atoms with Crippen LogP contribution in [0.2, 0.25) is 0 Å². The summed E-state index contributed by atoms with van der Waals surface area (Å²) in [6.45, 7) is 13.8. The molecule has 33 heavy (non-hydrogen) atoms. The van der Waals surface area contributed by atoms with Crippen LogP contribution in [0.4, 0.5) is 13.2 Å². The van der Waals surface area contributed by atoms with Gasteiger partial charge in [-0.3, -0.25) is 0 Å². The first-order valence-electron chi connectivity index (χ1n) is 11.0. The first-order chi connectivity index (χ1) is 15.2. The molecule has 2 aromatic carbocycles. The molecule has 1 heterocycles. The van der Waals surface area contributed by atoms with Crippen molar-refractivity contribution in [3.8, 4) is 11.1 Å². The molecule has 0 fully saturated rings. The molecule has 0 saturated heterocycles. The molecule has 0 aliphatic heterocycles. The van der Waals surface area contributed by atoms with Crippen molar-refractivity contribution in [2.24, 2.45) is 5.41 Å². The van der Waals surface area contributed by atoms with Gasteiger partial charge in [0, 0.05) is 46.1 Å². The van der Waals surface area contributed by atoms with Crippen molar-refractivity contribution < 1.29 is 17.7 Å². The maximum absolute atomic E-state index is 15.4. The number of rotatable bonds is 6. The van der Waals surface area contributed by atoms with Crippen molar-refractivity contribution >= 4 is 22.3 Å². The number of halogens is 3. The Morgan fingerprint density at radius 2 is 1.67 bits per heavy atom. The van der Waals surface area contributed by atoms with E-state index in [4.69, 9.17) is 0 Å². The number of hydrogen-bond acceptors (Lipinski definition) is 2. The third-order valence-electron chi connectivity index (χ3n) is 5.46. The van der Waals surface area contributed by atoms with Crippen molar-refractivity contribution in [2.45, 2.75) is 72.2 Å². The minimum absolute atomic E-state index is 0.136. The summed E-state index contributed by atoms with van der Waals surface area (Å²) < 4.78 is 60.2. The van der Waals surface area contributed by atoms with Gasteiger partial charge in [-0.25, -0.2) is 13.2 Å². The summed E-state index contributed by atoms with van der Waals surface area (Å²) in [6.07, 6.45) is -1.16. The van der Waals surface area contributed by atoms with Gasteiger partial charge < -0.3 is 9.12 Å². The summed E-state index contributed by atoms with van der Waals surface area (Å²) >= 11 is -1.72. The van der Waals surface area contributed by atoms with Gasteiger partial charge in [0.25, 0.3) is 6.43 Å². The summed E-state index contributed by atoms with van der Waals surface area (Å²) in [5.41, 5.74) is 2.91. The van der Waals surface area contributed by atoms with Crippen LogP contribution in [-0.2, 0) is 17.9 Å². The van der Waals surface area contributed by atoms with E-state index in [0.717, 1.165) is 11.1 Å². The van der Waals surface area contributed by atoms with Gasteiger partial charge >= 0.3 is 0 Å². The van der Waals surface area contributed by atoms with Crippen LogP contribution in [0.25, 0.3) is 22.0 Å². The Hall–Kier alpha value is -1.96. The molecule has 2 atom stereocenters. The Labute approximate surface area is 197 Å². The fraction of sp³-hybridized carbons (Fsp3) is 0.462. The molecule has 1 N–H and O–H groups in total. The Bertz CT molecular complexity index is 1130. The number of nitrogens with zero attached hydrogens (tertiary/aromatic N) is 1. The predicted molar refractivity (Wildman–Crippen MR) is 131 cm³/mol. The number of alkyl halides is 2. The van der Waals surface area contributed by atoms with Crippen LogP contribution in [0.5, 0.6) is 0 Å². The molecule has 0 radical (unpaired) electrons. The Balaban J connectivity index is 2.23. The smallest absolute Gasteiger partial charge is 0.262 e. The van der Waals surface area contributed by atoms with Crippen LogP contribution in [-0.4, -0.2) is 20.3 Å². The number of hydrogen-bond donors (Lipinski definition) is 1. The third kappa shape index (κ3) is 5.76. The predicted octanol–water partition coefficient (Wildman–Crippen LogP) is 7.16. The molecule has 0 saturated carbocycles. The topological polar surface area (TPSA) is 40.0 Å². The van der Waals surface area contributed by atoms with Crippen molar-refractivity contribution in [1.82, 2.24) is 9.29 Å². The number of aryl methyl sites for hydroxylation is 1. The second kappa shape index (κ2) is 9.35.